The lowest BCUT2D eigenvalue weighted by Crippen LogP contribution is -2.21. The highest BCUT2D eigenvalue weighted by Gasteiger charge is 2.20. The van der Waals surface area contributed by atoms with Crippen LogP contribution in [0.15, 0.2) is 30.5 Å². The van der Waals surface area contributed by atoms with Crippen molar-refractivity contribution in [1.29, 1.82) is 0 Å². The van der Waals surface area contributed by atoms with Gasteiger partial charge in [0.05, 0.1) is 6.61 Å². The number of carbonyl (C=O) groups is 1. The van der Waals surface area contributed by atoms with E-state index in [1.807, 2.05) is 6.92 Å². The molecule has 1 heterocycles. The van der Waals surface area contributed by atoms with E-state index in [9.17, 15) is 9.90 Å². The predicted octanol–water partition coefficient (Wildman–Crippen LogP) is 1.86. The number of thiocarbonyl (C=S) groups is 1. The molecule has 0 atom stereocenters. The van der Waals surface area contributed by atoms with Crippen molar-refractivity contribution >= 4 is 29.3 Å². The third kappa shape index (κ3) is 3.41. The lowest BCUT2D eigenvalue weighted by Gasteiger charge is -2.11. The number of hydrogen-bond acceptors (Lipinski definition) is 4. The summed E-state index contributed by atoms with van der Waals surface area (Å²) in [5, 5.41) is 15.7. The minimum absolute atomic E-state index is 0.0956. The third-order valence-corrected chi connectivity index (χ3v) is 3.08. The zero-order valence-electron chi connectivity index (χ0n) is 11.6. The van der Waals surface area contributed by atoms with Crippen LogP contribution >= 0.6 is 12.2 Å². The summed E-state index contributed by atoms with van der Waals surface area (Å²) in [6, 6.07) is 3.46. The van der Waals surface area contributed by atoms with E-state index in [4.69, 9.17) is 17.0 Å². The third-order valence-electron chi connectivity index (χ3n) is 2.87. The lowest BCUT2D eigenvalue weighted by atomic mass is 10.0. The van der Waals surface area contributed by atoms with E-state index in [-0.39, 0.29) is 16.8 Å². The maximum Gasteiger partial charge on any atom is 0.273 e. The molecular formula is C15H16N2O3S. The molecular weight excluding hydrogens is 288 g/mol. The molecule has 0 radical (unpaired) electrons. The molecule has 1 amide bonds. The van der Waals surface area contributed by atoms with Crippen molar-refractivity contribution in [2.45, 2.75) is 13.3 Å². The number of phenolic OH excluding ortho intramolecular Hbond substituents is 1. The van der Waals surface area contributed by atoms with E-state index in [1.54, 1.807) is 24.3 Å². The van der Waals surface area contributed by atoms with Gasteiger partial charge in [0, 0.05) is 5.56 Å². The van der Waals surface area contributed by atoms with Crippen LogP contribution in [-0.2, 0) is 11.2 Å². The van der Waals surface area contributed by atoms with Gasteiger partial charge in [0.25, 0.3) is 5.91 Å². The number of allylic oxidation sites excluding steroid dienone is 1. The predicted molar refractivity (Wildman–Crippen MR) is 85.0 cm³/mol. The van der Waals surface area contributed by atoms with Crippen molar-refractivity contribution in [3.63, 3.8) is 0 Å². The summed E-state index contributed by atoms with van der Waals surface area (Å²) >= 11 is 4.88. The van der Waals surface area contributed by atoms with Gasteiger partial charge in [-0.15, -0.1) is 6.58 Å². The second-order valence-electron chi connectivity index (χ2n) is 4.42. The Balaban J connectivity index is 2.43. The number of ether oxygens (including phenoxy) is 1. The van der Waals surface area contributed by atoms with Crippen molar-refractivity contribution in [3.8, 4) is 11.5 Å². The van der Waals surface area contributed by atoms with Gasteiger partial charge < -0.3 is 15.2 Å². The fourth-order valence-electron chi connectivity index (χ4n) is 2.00. The molecule has 110 valence electrons. The molecule has 1 aliphatic rings. The summed E-state index contributed by atoms with van der Waals surface area (Å²) in [6.07, 6.45) is 3.85. The highest BCUT2D eigenvalue weighted by atomic mass is 32.1. The van der Waals surface area contributed by atoms with E-state index in [0.29, 0.717) is 30.0 Å². The number of benzene rings is 1. The SMILES string of the molecule is C=CCc1cc(C=C2NC(=S)NC2=O)cc(OCC)c1O. The normalized spacial score (nSPS) is 15.8. The molecule has 1 saturated heterocycles. The smallest absolute Gasteiger partial charge is 0.273 e. The first kappa shape index (κ1) is 15.1. The second kappa shape index (κ2) is 6.41. The molecule has 0 saturated carbocycles. The Bertz CT molecular complexity index is 638. The summed E-state index contributed by atoms with van der Waals surface area (Å²) in [6.45, 7) is 5.94. The van der Waals surface area contributed by atoms with E-state index in [0.717, 1.165) is 5.56 Å². The van der Waals surface area contributed by atoms with Crippen LogP contribution in [-0.4, -0.2) is 22.7 Å². The van der Waals surface area contributed by atoms with Gasteiger partial charge >= 0.3 is 0 Å². The van der Waals surface area contributed by atoms with E-state index in [2.05, 4.69) is 17.2 Å². The minimum Gasteiger partial charge on any atom is -0.504 e. The largest absolute Gasteiger partial charge is 0.504 e. The molecule has 6 heteroatoms. The Morgan fingerprint density at radius 1 is 1.43 bits per heavy atom. The lowest BCUT2D eigenvalue weighted by molar-refractivity contribution is -0.115. The van der Waals surface area contributed by atoms with Gasteiger partial charge in [-0.3, -0.25) is 10.1 Å². The summed E-state index contributed by atoms with van der Waals surface area (Å²) in [7, 11) is 0. The fraction of sp³-hybridized carbons (Fsp3) is 0.200. The summed E-state index contributed by atoms with van der Waals surface area (Å²) in [5.74, 6) is 0.194. The Morgan fingerprint density at radius 3 is 2.76 bits per heavy atom. The van der Waals surface area contributed by atoms with Crippen LogP contribution in [0.1, 0.15) is 18.1 Å². The molecule has 1 aliphatic heterocycles. The van der Waals surface area contributed by atoms with Crippen molar-refractivity contribution in [3.05, 3.63) is 41.6 Å². The molecule has 21 heavy (non-hydrogen) atoms. The second-order valence-corrected chi connectivity index (χ2v) is 4.83. The molecule has 0 aliphatic carbocycles. The Morgan fingerprint density at radius 2 is 2.19 bits per heavy atom. The van der Waals surface area contributed by atoms with Gasteiger partial charge in [-0.2, -0.15) is 0 Å². The van der Waals surface area contributed by atoms with Gasteiger partial charge in [0.2, 0.25) is 0 Å². The van der Waals surface area contributed by atoms with Crippen molar-refractivity contribution < 1.29 is 14.6 Å². The standard InChI is InChI=1S/C15H16N2O3S/c1-3-5-10-6-9(8-12(13(10)18)20-4-2)7-11-14(19)17-15(21)16-11/h3,6-8,18H,1,4-5H2,2H3,(H2,16,17,19,21). The molecule has 2 rings (SSSR count). The highest BCUT2D eigenvalue weighted by Crippen LogP contribution is 2.33. The van der Waals surface area contributed by atoms with Crippen LogP contribution in [0.2, 0.25) is 0 Å². The molecule has 0 unspecified atom stereocenters. The van der Waals surface area contributed by atoms with Gasteiger partial charge in [-0.05, 0) is 49.3 Å². The Labute approximate surface area is 128 Å². The zero-order valence-corrected chi connectivity index (χ0v) is 12.4. The maximum atomic E-state index is 11.7. The van der Waals surface area contributed by atoms with Gasteiger partial charge in [0.1, 0.15) is 5.70 Å². The number of carbonyl (C=O) groups excluding carboxylic acids is 1. The van der Waals surface area contributed by atoms with E-state index >= 15 is 0 Å². The van der Waals surface area contributed by atoms with E-state index < -0.39 is 0 Å². The summed E-state index contributed by atoms with van der Waals surface area (Å²) in [5.41, 5.74) is 1.77. The van der Waals surface area contributed by atoms with Crippen LogP contribution in [0, 0.1) is 0 Å². The maximum absolute atomic E-state index is 11.7. The molecule has 5 nitrogen and oxygen atoms in total. The molecule has 0 aromatic heterocycles. The molecule has 1 aromatic carbocycles. The molecule has 3 N–H and O–H groups in total. The van der Waals surface area contributed by atoms with Crippen LogP contribution in [0.3, 0.4) is 0 Å². The first-order chi connectivity index (χ1) is 10.0. The summed E-state index contributed by atoms with van der Waals surface area (Å²) < 4.78 is 5.42. The quantitative estimate of drug-likeness (QED) is 0.440. The number of amides is 1. The van der Waals surface area contributed by atoms with Gasteiger partial charge in [-0.25, -0.2) is 0 Å². The van der Waals surface area contributed by atoms with Gasteiger partial charge in [0.15, 0.2) is 16.6 Å². The number of phenols is 1. The highest BCUT2D eigenvalue weighted by molar-refractivity contribution is 7.80. The van der Waals surface area contributed by atoms with Crippen molar-refractivity contribution in [2.24, 2.45) is 0 Å². The van der Waals surface area contributed by atoms with E-state index in [1.165, 1.54) is 0 Å². The molecule has 1 aromatic rings. The molecule has 1 fully saturated rings. The number of hydrogen-bond donors (Lipinski definition) is 3. The number of nitrogens with one attached hydrogen (secondary N) is 2. The number of aromatic hydroxyl groups is 1. The molecule has 0 bridgehead atoms. The first-order valence-corrected chi connectivity index (χ1v) is 6.89. The van der Waals surface area contributed by atoms with Crippen LogP contribution in [0.5, 0.6) is 11.5 Å². The average molecular weight is 304 g/mol. The number of rotatable bonds is 5. The zero-order chi connectivity index (χ0) is 15.4. The monoisotopic (exact) mass is 304 g/mol. The van der Waals surface area contributed by atoms with Gasteiger partial charge in [-0.1, -0.05) is 6.08 Å². The van der Waals surface area contributed by atoms with Crippen molar-refractivity contribution in [1.82, 2.24) is 10.6 Å². The van der Waals surface area contributed by atoms with Crippen LogP contribution < -0.4 is 15.4 Å². The first-order valence-electron chi connectivity index (χ1n) is 6.48. The Hall–Kier alpha value is -2.34. The Kier molecular flexibility index (Phi) is 4.59. The minimum atomic E-state index is -0.281. The average Bonchev–Trinajstić information content (AvgIpc) is 2.74. The van der Waals surface area contributed by atoms with Crippen LogP contribution in [0.4, 0.5) is 0 Å². The van der Waals surface area contributed by atoms with Crippen LogP contribution in [0.25, 0.3) is 6.08 Å². The molecule has 0 spiro atoms. The topological polar surface area (TPSA) is 70.6 Å². The fourth-order valence-corrected chi connectivity index (χ4v) is 2.20. The summed E-state index contributed by atoms with van der Waals surface area (Å²) in [4.78, 5) is 11.7. The van der Waals surface area contributed by atoms with Crippen molar-refractivity contribution in [2.75, 3.05) is 6.61 Å².